The molecule has 1 aliphatic rings. The predicted octanol–water partition coefficient (Wildman–Crippen LogP) is 4.86. The van der Waals surface area contributed by atoms with Crippen LogP contribution in [0.1, 0.15) is 33.3 Å². The van der Waals surface area contributed by atoms with Gasteiger partial charge in [-0.05, 0) is 58.4 Å². The minimum Gasteiger partial charge on any atom is -0.489 e. The lowest BCUT2D eigenvalue weighted by molar-refractivity contribution is 0.243. The van der Waals surface area contributed by atoms with Crippen LogP contribution >= 0.6 is 0 Å². The van der Waals surface area contributed by atoms with Crippen molar-refractivity contribution >= 4 is 11.4 Å². The van der Waals surface area contributed by atoms with Crippen LogP contribution in [0.2, 0.25) is 0 Å². The minimum atomic E-state index is 0.124. The lowest BCUT2D eigenvalue weighted by Gasteiger charge is -2.22. The highest BCUT2D eigenvalue weighted by atomic mass is 16.5. The second-order valence-electron chi connectivity index (χ2n) is 6.06. The first kappa shape index (κ1) is 17.9. The van der Waals surface area contributed by atoms with Crippen molar-refractivity contribution in [3.63, 3.8) is 0 Å². The number of anilines is 1. The van der Waals surface area contributed by atoms with Crippen molar-refractivity contribution in [3.05, 3.63) is 60.2 Å². The molecule has 2 rings (SSSR count). The molecule has 0 spiro atoms. The van der Waals surface area contributed by atoms with Crippen molar-refractivity contribution in [3.8, 4) is 5.75 Å². The third-order valence-electron chi connectivity index (χ3n) is 3.69. The van der Waals surface area contributed by atoms with Crippen LogP contribution in [0.3, 0.4) is 0 Å². The third-order valence-corrected chi connectivity index (χ3v) is 3.69. The molecule has 1 aromatic rings. The van der Waals surface area contributed by atoms with Gasteiger partial charge < -0.3 is 15.0 Å². The Bertz CT molecular complexity index is 699. The Balaban J connectivity index is 2.38. The molecule has 0 aliphatic carbocycles. The lowest BCUT2D eigenvalue weighted by Crippen LogP contribution is -2.20. The molecule has 0 unspecified atom stereocenters. The van der Waals surface area contributed by atoms with Gasteiger partial charge in [-0.25, -0.2) is 0 Å². The normalized spacial score (nSPS) is 17.6. The number of rotatable bonds is 6. The first-order chi connectivity index (χ1) is 11.5. The molecule has 4 heteroatoms. The summed E-state index contributed by atoms with van der Waals surface area (Å²) in [7, 11) is 0. The molecule has 0 aromatic heterocycles. The predicted molar refractivity (Wildman–Crippen MR) is 102 cm³/mol. The molecule has 0 atom stereocenters. The van der Waals surface area contributed by atoms with Crippen molar-refractivity contribution < 1.29 is 4.74 Å². The second kappa shape index (κ2) is 7.86. The van der Waals surface area contributed by atoms with Crippen LogP contribution in [0.15, 0.2) is 59.6 Å². The molecule has 0 amide bonds. The molecule has 24 heavy (non-hydrogen) atoms. The highest BCUT2D eigenvalue weighted by Gasteiger charge is 2.20. The fourth-order valence-corrected chi connectivity index (χ4v) is 2.68. The van der Waals surface area contributed by atoms with Crippen molar-refractivity contribution in [2.75, 3.05) is 11.9 Å². The molecule has 0 radical (unpaired) electrons. The molecule has 1 aromatic carbocycles. The molecule has 128 valence electrons. The van der Waals surface area contributed by atoms with Gasteiger partial charge in [0.05, 0.1) is 23.2 Å². The maximum absolute atomic E-state index is 5.96. The van der Waals surface area contributed by atoms with Gasteiger partial charge in [0.1, 0.15) is 5.75 Å². The van der Waals surface area contributed by atoms with E-state index in [1.54, 1.807) is 6.20 Å². The largest absolute Gasteiger partial charge is 0.489 e. The highest BCUT2D eigenvalue weighted by molar-refractivity contribution is 6.11. The van der Waals surface area contributed by atoms with E-state index in [-0.39, 0.29) is 6.10 Å². The molecule has 0 bridgehead atoms. The topological polar surface area (TPSA) is 36.9 Å². The summed E-state index contributed by atoms with van der Waals surface area (Å²) in [6.07, 6.45) is 5.75. The molecule has 4 nitrogen and oxygen atoms in total. The number of aryl methyl sites for hydroxylation is 1. The van der Waals surface area contributed by atoms with E-state index >= 15 is 0 Å². The lowest BCUT2D eigenvalue weighted by atomic mass is 10.2. The second-order valence-corrected chi connectivity index (χ2v) is 6.06. The third kappa shape index (κ3) is 4.07. The van der Waals surface area contributed by atoms with Gasteiger partial charge in [-0.2, -0.15) is 0 Å². The number of hydrogen-bond donors (Lipinski definition) is 1. The summed E-state index contributed by atoms with van der Waals surface area (Å²) >= 11 is 0. The fraction of sp³-hybridized carbons (Fsp3) is 0.350. The first-order valence-electron chi connectivity index (χ1n) is 8.35. The van der Waals surface area contributed by atoms with Gasteiger partial charge in [0.15, 0.2) is 0 Å². The Morgan fingerprint density at radius 2 is 2.17 bits per heavy atom. The molecular weight excluding hydrogens is 298 g/mol. The van der Waals surface area contributed by atoms with Crippen molar-refractivity contribution in [1.82, 2.24) is 4.90 Å². The molecule has 1 N–H and O–H groups in total. The Labute approximate surface area is 145 Å². The Morgan fingerprint density at radius 3 is 2.79 bits per heavy atom. The maximum Gasteiger partial charge on any atom is 0.143 e. The van der Waals surface area contributed by atoms with Gasteiger partial charge in [0.2, 0.25) is 0 Å². The summed E-state index contributed by atoms with van der Waals surface area (Å²) in [4.78, 5) is 6.54. The molecule has 0 fully saturated rings. The van der Waals surface area contributed by atoms with Gasteiger partial charge >= 0.3 is 0 Å². The standard InChI is InChI=1S/C20H27N3O/c1-7-21-18-11-12-23(8-2)20(18)16(6)22-17-10-9-15(5)13-19(17)24-14(3)4/h7,9-14,22H,1,8H2,2-6H3/b20-16-,21-18-. The number of nitrogens with zero attached hydrogens (tertiary/aromatic N) is 2. The number of nitrogens with one attached hydrogen (secondary N) is 1. The summed E-state index contributed by atoms with van der Waals surface area (Å²) in [6.45, 7) is 14.9. The molecule has 0 saturated heterocycles. The Hall–Kier alpha value is -2.49. The number of hydrogen-bond acceptors (Lipinski definition) is 4. The van der Waals surface area contributed by atoms with Crippen LogP contribution in [0.4, 0.5) is 5.69 Å². The molecule has 0 saturated carbocycles. The van der Waals surface area contributed by atoms with Crippen molar-refractivity contribution in [2.45, 2.75) is 40.7 Å². The number of benzene rings is 1. The van der Waals surface area contributed by atoms with E-state index in [1.807, 2.05) is 26.1 Å². The fourth-order valence-electron chi connectivity index (χ4n) is 2.68. The van der Waals surface area contributed by atoms with E-state index in [0.717, 1.165) is 35.1 Å². The van der Waals surface area contributed by atoms with E-state index in [9.17, 15) is 0 Å². The van der Waals surface area contributed by atoms with Crippen molar-refractivity contribution in [2.24, 2.45) is 4.99 Å². The van der Waals surface area contributed by atoms with E-state index in [0.29, 0.717) is 0 Å². The average Bonchev–Trinajstić information content (AvgIpc) is 2.92. The van der Waals surface area contributed by atoms with Crippen LogP contribution in [-0.4, -0.2) is 23.3 Å². The number of aliphatic imine (C=N–C) groups is 1. The summed E-state index contributed by atoms with van der Waals surface area (Å²) < 4.78 is 5.96. The summed E-state index contributed by atoms with van der Waals surface area (Å²) in [5.74, 6) is 0.862. The molecule has 1 heterocycles. The van der Waals surface area contributed by atoms with Crippen molar-refractivity contribution in [1.29, 1.82) is 0 Å². The highest BCUT2D eigenvalue weighted by Crippen LogP contribution is 2.30. The zero-order valence-electron chi connectivity index (χ0n) is 15.3. The van der Waals surface area contributed by atoms with Gasteiger partial charge in [-0.3, -0.25) is 4.99 Å². The zero-order chi connectivity index (χ0) is 17.7. The van der Waals surface area contributed by atoms with Gasteiger partial charge in [-0.1, -0.05) is 12.6 Å². The van der Waals surface area contributed by atoms with E-state index in [4.69, 9.17) is 4.74 Å². The Kier molecular flexibility index (Phi) is 5.85. The number of ether oxygens (including phenoxy) is 1. The van der Waals surface area contributed by atoms with Crippen LogP contribution in [0.5, 0.6) is 5.75 Å². The first-order valence-corrected chi connectivity index (χ1v) is 8.35. The summed E-state index contributed by atoms with van der Waals surface area (Å²) in [5, 5.41) is 3.50. The number of allylic oxidation sites excluding steroid dienone is 2. The Morgan fingerprint density at radius 1 is 1.42 bits per heavy atom. The zero-order valence-corrected chi connectivity index (χ0v) is 15.3. The van der Waals surface area contributed by atoms with Gasteiger partial charge in [-0.15, -0.1) is 0 Å². The van der Waals surface area contributed by atoms with E-state index in [2.05, 4.69) is 60.8 Å². The van der Waals surface area contributed by atoms with Crippen LogP contribution < -0.4 is 10.1 Å². The minimum absolute atomic E-state index is 0.124. The SMILES string of the molecule is C=C/N=C1/C=CN(CC)/C1=C(/C)Nc1ccc(C)cc1OC(C)C. The van der Waals surface area contributed by atoms with Crippen LogP contribution in [-0.2, 0) is 0 Å². The average molecular weight is 325 g/mol. The van der Waals surface area contributed by atoms with E-state index < -0.39 is 0 Å². The quantitative estimate of drug-likeness (QED) is 0.811. The smallest absolute Gasteiger partial charge is 0.143 e. The molecule has 1 aliphatic heterocycles. The van der Waals surface area contributed by atoms with Gasteiger partial charge in [0, 0.05) is 24.6 Å². The summed E-state index contributed by atoms with van der Waals surface area (Å²) in [6, 6.07) is 6.19. The maximum atomic E-state index is 5.96. The van der Waals surface area contributed by atoms with E-state index in [1.165, 1.54) is 5.56 Å². The summed E-state index contributed by atoms with van der Waals surface area (Å²) in [5.41, 5.74) is 5.14. The van der Waals surface area contributed by atoms with Gasteiger partial charge in [0.25, 0.3) is 0 Å². The van der Waals surface area contributed by atoms with Crippen LogP contribution in [0, 0.1) is 6.92 Å². The monoisotopic (exact) mass is 325 g/mol. The van der Waals surface area contributed by atoms with Crippen LogP contribution in [0.25, 0.3) is 0 Å². The molecular formula is C20H27N3O.